The van der Waals surface area contributed by atoms with E-state index in [0.717, 1.165) is 30.5 Å². The van der Waals surface area contributed by atoms with Crippen LogP contribution in [0.2, 0.25) is 0 Å². The lowest BCUT2D eigenvalue weighted by molar-refractivity contribution is 0.353. The fraction of sp³-hybridized carbons (Fsp3) is 0.529. The summed E-state index contributed by atoms with van der Waals surface area (Å²) in [5.74, 6) is 0.901. The molecule has 0 unspecified atom stereocenters. The highest BCUT2D eigenvalue weighted by Gasteiger charge is 2.40. The standard InChI is InChI=1S/C17H22N4O/c1-17(2,3)14-13-12(10-7-5-4-6-8-10)11(9-18)15(19)22-16(13)21-20-14/h5,7,10,12H,4,6,8,19H2,1-3H3,(H,20,21)/t10-,12+/m0/s1. The SMILES string of the molecule is CC(C)(C)c1[nH]nc2c1[C@H]([C@H]1C=CCCC1)C(C#N)=C(N)O2. The van der Waals surface area contributed by atoms with Crippen LogP contribution in [-0.4, -0.2) is 10.2 Å². The monoisotopic (exact) mass is 298 g/mol. The summed E-state index contributed by atoms with van der Waals surface area (Å²) in [7, 11) is 0. The minimum atomic E-state index is -0.104. The highest BCUT2D eigenvalue weighted by molar-refractivity contribution is 5.51. The Kier molecular flexibility index (Phi) is 3.48. The van der Waals surface area contributed by atoms with Crippen molar-refractivity contribution >= 4 is 0 Å². The van der Waals surface area contributed by atoms with Gasteiger partial charge < -0.3 is 10.5 Å². The maximum absolute atomic E-state index is 9.60. The van der Waals surface area contributed by atoms with Gasteiger partial charge in [0.05, 0.1) is 5.57 Å². The first-order valence-electron chi connectivity index (χ1n) is 7.76. The summed E-state index contributed by atoms with van der Waals surface area (Å²) >= 11 is 0. The molecule has 1 aliphatic carbocycles. The maximum Gasteiger partial charge on any atom is 0.243 e. The highest BCUT2D eigenvalue weighted by atomic mass is 16.5. The molecule has 2 atom stereocenters. The molecule has 0 bridgehead atoms. The highest BCUT2D eigenvalue weighted by Crippen LogP contribution is 2.47. The average Bonchev–Trinajstić information content (AvgIpc) is 2.90. The molecule has 0 radical (unpaired) electrons. The smallest absolute Gasteiger partial charge is 0.243 e. The number of H-pyrrole nitrogens is 1. The van der Waals surface area contributed by atoms with Gasteiger partial charge in [-0.25, -0.2) is 0 Å². The van der Waals surface area contributed by atoms with E-state index in [1.165, 1.54) is 0 Å². The van der Waals surface area contributed by atoms with Gasteiger partial charge in [0, 0.05) is 22.6 Å². The minimum absolute atomic E-state index is 0.0710. The third kappa shape index (κ3) is 2.29. The van der Waals surface area contributed by atoms with Gasteiger partial charge in [-0.05, 0) is 25.2 Å². The normalized spacial score (nSPS) is 24.6. The molecule has 22 heavy (non-hydrogen) atoms. The van der Waals surface area contributed by atoms with E-state index in [2.05, 4.69) is 49.2 Å². The van der Waals surface area contributed by atoms with E-state index in [4.69, 9.17) is 10.5 Å². The minimum Gasteiger partial charge on any atom is -0.420 e. The fourth-order valence-electron chi connectivity index (χ4n) is 3.40. The molecule has 0 aromatic carbocycles. The quantitative estimate of drug-likeness (QED) is 0.779. The predicted molar refractivity (Wildman–Crippen MR) is 84.0 cm³/mol. The van der Waals surface area contributed by atoms with Gasteiger partial charge in [0.2, 0.25) is 11.8 Å². The van der Waals surface area contributed by atoms with Crippen LogP contribution in [0.25, 0.3) is 0 Å². The van der Waals surface area contributed by atoms with Gasteiger partial charge in [0.1, 0.15) is 6.07 Å². The molecule has 3 N–H and O–H groups in total. The van der Waals surface area contributed by atoms with Crippen molar-refractivity contribution in [3.63, 3.8) is 0 Å². The number of allylic oxidation sites excluding steroid dienone is 3. The fourth-order valence-corrected chi connectivity index (χ4v) is 3.40. The molecule has 5 heteroatoms. The Morgan fingerprint density at radius 2 is 2.23 bits per heavy atom. The number of rotatable bonds is 1. The van der Waals surface area contributed by atoms with Crippen LogP contribution < -0.4 is 10.5 Å². The second kappa shape index (κ2) is 5.20. The lowest BCUT2D eigenvalue weighted by Gasteiger charge is -2.32. The van der Waals surface area contributed by atoms with E-state index in [1.54, 1.807) is 0 Å². The molecule has 0 fully saturated rings. The van der Waals surface area contributed by atoms with Crippen molar-refractivity contribution in [2.45, 2.75) is 51.4 Å². The number of fused-ring (bicyclic) bond motifs is 1. The summed E-state index contributed by atoms with van der Waals surface area (Å²) in [4.78, 5) is 0. The molecule has 3 rings (SSSR count). The molecule has 2 heterocycles. The zero-order valence-corrected chi connectivity index (χ0v) is 13.3. The Morgan fingerprint density at radius 3 is 2.82 bits per heavy atom. The van der Waals surface area contributed by atoms with Gasteiger partial charge in [-0.2, -0.15) is 5.26 Å². The number of hydrogen-bond acceptors (Lipinski definition) is 4. The first-order valence-corrected chi connectivity index (χ1v) is 7.76. The van der Waals surface area contributed by atoms with Gasteiger partial charge in [-0.1, -0.05) is 32.9 Å². The second-order valence-electron chi connectivity index (χ2n) is 7.06. The van der Waals surface area contributed by atoms with E-state index in [1.807, 2.05) is 0 Å². The van der Waals surface area contributed by atoms with Crippen molar-refractivity contribution < 1.29 is 4.74 Å². The van der Waals surface area contributed by atoms with Crippen molar-refractivity contribution in [1.82, 2.24) is 10.2 Å². The first kappa shape index (κ1) is 14.7. The molecule has 0 spiro atoms. The van der Waals surface area contributed by atoms with E-state index < -0.39 is 0 Å². The van der Waals surface area contributed by atoms with Gasteiger partial charge in [0.15, 0.2) is 0 Å². The first-order chi connectivity index (χ1) is 10.4. The van der Waals surface area contributed by atoms with Crippen LogP contribution >= 0.6 is 0 Å². The number of aromatic nitrogens is 2. The van der Waals surface area contributed by atoms with Crippen molar-refractivity contribution in [2.24, 2.45) is 11.7 Å². The molecule has 0 saturated carbocycles. The average molecular weight is 298 g/mol. The summed E-state index contributed by atoms with van der Waals surface area (Å²) in [5.41, 5.74) is 8.41. The van der Waals surface area contributed by atoms with Crippen LogP contribution in [0.3, 0.4) is 0 Å². The Labute approximate surface area is 130 Å². The largest absolute Gasteiger partial charge is 0.420 e. The van der Waals surface area contributed by atoms with Gasteiger partial charge >= 0.3 is 0 Å². The number of nitrogens with one attached hydrogen (secondary N) is 1. The molecule has 0 amide bonds. The van der Waals surface area contributed by atoms with E-state index in [9.17, 15) is 5.26 Å². The summed E-state index contributed by atoms with van der Waals surface area (Å²) in [6.45, 7) is 6.38. The zero-order valence-electron chi connectivity index (χ0n) is 13.3. The van der Waals surface area contributed by atoms with Gasteiger partial charge in [0.25, 0.3) is 0 Å². The Hall–Kier alpha value is -2.22. The summed E-state index contributed by atoms with van der Waals surface area (Å²) < 4.78 is 5.60. The number of ether oxygens (including phenoxy) is 1. The maximum atomic E-state index is 9.60. The molecule has 2 aliphatic rings. The Balaban J connectivity index is 2.17. The Morgan fingerprint density at radius 1 is 1.45 bits per heavy atom. The topological polar surface area (TPSA) is 87.7 Å². The van der Waals surface area contributed by atoms with E-state index >= 15 is 0 Å². The van der Waals surface area contributed by atoms with E-state index in [-0.39, 0.29) is 23.1 Å². The van der Waals surface area contributed by atoms with Crippen molar-refractivity contribution in [3.05, 3.63) is 34.9 Å². The van der Waals surface area contributed by atoms with Crippen LogP contribution in [0.15, 0.2) is 23.6 Å². The van der Waals surface area contributed by atoms with Crippen LogP contribution in [0.1, 0.15) is 57.2 Å². The third-order valence-electron chi connectivity index (χ3n) is 4.45. The summed E-state index contributed by atoms with van der Waals surface area (Å²) in [5, 5.41) is 17.0. The van der Waals surface area contributed by atoms with Crippen LogP contribution in [0.5, 0.6) is 5.88 Å². The molecule has 1 aliphatic heterocycles. The third-order valence-corrected chi connectivity index (χ3v) is 4.45. The number of nitrogens with two attached hydrogens (primary N) is 1. The number of hydrogen-bond donors (Lipinski definition) is 2. The molecular formula is C17H22N4O. The Bertz CT molecular complexity index is 684. The number of nitriles is 1. The number of nitrogens with zero attached hydrogens (tertiary/aromatic N) is 2. The summed E-state index contributed by atoms with van der Waals surface area (Å²) in [6.07, 6.45) is 7.70. The van der Waals surface area contributed by atoms with Crippen LogP contribution in [0, 0.1) is 17.2 Å². The van der Waals surface area contributed by atoms with Crippen molar-refractivity contribution in [1.29, 1.82) is 5.26 Å². The van der Waals surface area contributed by atoms with E-state index in [0.29, 0.717) is 11.5 Å². The van der Waals surface area contributed by atoms with Crippen LogP contribution in [-0.2, 0) is 5.41 Å². The molecule has 1 aromatic heterocycles. The number of aromatic amines is 1. The molecule has 0 saturated heterocycles. The second-order valence-corrected chi connectivity index (χ2v) is 7.06. The zero-order chi connectivity index (χ0) is 15.9. The molecule has 5 nitrogen and oxygen atoms in total. The van der Waals surface area contributed by atoms with Gasteiger partial charge in [-0.15, -0.1) is 5.10 Å². The van der Waals surface area contributed by atoms with Gasteiger partial charge in [-0.3, -0.25) is 5.10 Å². The lowest BCUT2D eigenvalue weighted by Crippen LogP contribution is -2.27. The van der Waals surface area contributed by atoms with Crippen molar-refractivity contribution in [2.75, 3.05) is 0 Å². The lowest BCUT2D eigenvalue weighted by atomic mass is 9.73. The predicted octanol–water partition coefficient (Wildman–Crippen LogP) is 3.23. The van der Waals surface area contributed by atoms with Crippen LogP contribution in [0.4, 0.5) is 0 Å². The van der Waals surface area contributed by atoms with Crippen molar-refractivity contribution in [3.8, 4) is 11.9 Å². The molecule has 1 aromatic rings. The molecular weight excluding hydrogens is 276 g/mol. The summed E-state index contributed by atoms with van der Waals surface area (Å²) in [6, 6.07) is 2.26. The molecule has 116 valence electrons.